The molecule has 2 aliphatic rings. The number of rotatable bonds is 2. The van der Waals surface area contributed by atoms with Gasteiger partial charge < -0.3 is 10.2 Å². The lowest BCUT2D eigenvalue weighted by Crippen LogP contribution is -2.12. The topological polar surface area (TPSA) is 74.6 Å². The standard InChI is InChI=1S/C18H18.C9H8O4/c1-3-7-15-13(5-1)9-11-18-16-8-4-2-6-14(16)10-12-17(15)18;1-5-6(8(10)11)3-2-4-7(5)9(12)13/h1,3,5,7,10,12H,2,4,6,8-9,11H2;2-4H,1H3,(H,10,11)(H,12,13). The van der Waals surface area contributed by atoms with Gasteiger partial charge in [-0.1, -0.05) is 42.5 Å². The first kappa shape index (κ1) is 20.9. The molecule has 0 unspecified atom stereocenters. The largest absolute Gasteiger partial charge is 0.478 e. The third kappa shape index (κ3) is 4.11. The predicted octanol–water partition coefficient (Wildman–Crippen LogP) is 5.72. The third-order valence-corrected chi connectivity index (χ3v) is 6.40. The maximum atomic E-state index is 10.6. The van der Waals surface area contributed by atoms with Crippen LogP contribution in [-0.4, -0.2) is 22.2 Å². The summed E-state index contributed by atoms with van der Waals surface area (Å²) in [6, 6.07) is 17.9. The molecule has 0 bridgehead atoms. The molecule has 0 heterocycles. The number of benzene rings is 3. The molecular weight excluding hydrogens is 388 g/mol. The Morgan fingerprint density at radius 2 is 1.32 bits per heavy atom. The normalized spacial score (nSPS) is 13.7. The Bertz CT molecular complexity index is 1130. The number of carboxylic acids is 2. The molecule has 0 aliphatic heterocycles. The molecule has 0 saturated heterocycles. The van der Waals surface area contributed by atoms with E-state index in [9.17, 15) is 9.59 Å². The molecule has 0 saturated carbocycles. The number of carbonyl (C=O) groups is 2. The maximum Gasteiger partial charge on any atom is 0.335 e. The number of hydrogen-bond donors (Lipinski definition) is 2. The molecule has 0 atom stereocenters. The van der Waals surface area contributed by atoms with Gasteiger partial charge in [0, 0.05) is 0 Å². The number of carboxylic acid groups (broad SMARTS) is 2. The van der Waals surface area contributed by atoms with Crippen molar-refractivity contribution >= 4 is 11.9 Å². The van der Waals surface area contributed by atoms with Crippen LogP contribution in [0.4, 0.5) is 0 Å². The van der Waals surface area contributed by atoms with Gasteiger partial charge in [0.2, 0.25) is 0 Å². The minimum atomic E-state index is -1.11. The highest BCUT2D eigenvalue weighted by molar-refractivity contribution is 5.96. The molecule has 0 fully saturated rings. The molecular formula is C27H26O4. The Morgan fingerprint density at radius 3 is 2.03 bits per heavy atom. The van der Waals surface area contributed by atoms with Gasteiger partial charge in [-0.2, -0.15) is 0 Å². The molecule has 4 heteroatoms. The second kappa shape index (κ2) is 8.76. The van der Waals surface area contributed by atoms with Crippen molar-refractivity contribution in [2.75, 3.05) is 0 Å². The fraction of sp³-hybridized carbons (Fsp3) is 0.259. The van der Waals surface area contributed by atoms with E-state index >= 15 is 0 Å². The fourth-order valence-corrected chi connectivity index (χ4v) is 4.80. The summed E-state index contributed by atoms with van der Waals surface area (Å²) in [4.78, 5) is 21.2. The van der Waals surface area contributed by atoms with Gasteiger partial charge in [0.05, 0.1) is 11.1 Å². The number of aromatic carboxylic acids is 2. The van der Waals surface area contributed by atoms with Crippen molar-refractivity contribution in [3.8, 4) is 11.1 Å². The molecule has 3 aromatic carbocycles. The first-order chi connectivity index (χ1) is 15.0. The Hall–Kier alpha value is -3.40. The average molecular weight is 415 g/mol. The molecule has 0 amide bonds. The molecule has 31 heavy (non-hydrogen) atoms. The van der Waals surface area contributed by atoms with Crippen molar-refractivity contribution in [3.05, 3.63) is 93.5 Å². The van der Waals surface area contributed by atoms with Crippen molar-refractivity contribution in [1.82, 2.24) is 0 Å². The van der Waals surface area contributed by atoms with E-state index in [0.717, 1.165) is 0 Å². The van der Waals surface area contributed by atoms with Crippen LogP contribution in [0.25, 0.3) is 11.1 Å². The van der Waals surface area contributed by atoms with E-state index < -0.39 is 11.9 Å². The van der Waals surface area contributed by atoms with Gasteiger partial charge in [0.1, 0.15) is 0 Å². The van der Waals surface area contributed by atoms with Crippen LogP contribution in [0.15, 0.2) is 54.6 Å². The van der Waals surface area contributed by atoms with Gasteiger partial charge in [0.25, 0.3) is 0 Å². The summed E-state index contributed by atoms with van der Waals surface area (Å²) in [5.41, 5.74) is 9.83. The summed E-state index contributed by atoms with van der Waals surface area (Å²) in [7, 11) is 0. The summed E-state index contributed by atoms with van der Waals surface area (Å²) in [6.07, 6.45) is 7.83. The quantitative estimate of drug-likeness (QED) is 0.562. The SMILES string of the molecule is Cc1c(C(=O)O)cccc1C(=O)O.c1ccc2c(c1)CCc1c-2ccc2c1CCCC2. The van der Waals surface area contributed by atoms with Gasteiger partial charge in [-0.25, -0.2) is 9.59 Å². The highest BCUT2D eigenvalue weighted by Gasteiger charge is 2.21. The van der Waals surface area contributed by atoms with Gasteiger partial charge in [-0.15, -0.1) is 0 Å². The van der Waals surface area contributed by atoms with Crippen molar-refractivity contribution in [3.63, 3.8) is 0 Å². The van der Waals surface area contributed by atoms with Crippen LogP contribution in [0.3, 0.4) is 0 Å². The minimum Gasteiger partial charge on any atom is -0.478 e. The summed E-state index contributed by atoms with van der Waals surface area (Å²) in [5.74, 6) is -2.22. The van der Waals surface area contributed by atoms with Crippen LogP contribution in [-0.2, 0) is 25.7 Å². The van der Waals surface area contributed by atoms with E-state index in [1.807, 2.05) is 0 Å². The molecule has 0 aromatic heterocycles. The van der Waals surface area contributed by atoms with Crippen LogP contribution in [0.5, 0.6) is 0 Å². The Balaban J connectivity index is 0.000000159. The van der Waals surface area contributed by atoms with Crippen molar-refractivity contribution in [2.45, 2.75) is 45.4 Å². The molecule has 3 aromatic rings. The highest BCUT2D eigenvalue weighted by atomic mass is 16.4. The molecule has 4 nitrogen and oxygen atoms in total. The highest BCUT2D eigenvalue weighted by Crippen LogP contribution is 2.38. The van der Waals surface area contributed by atoms with Crippen LogP contribution in [0, 0.1) is 6.92 Å². The average Bonchev–Trinajstić information content (AvgIpc) is 2.79. The van der Waals surface area contributed by atoms with E-state index in [1.165, 1.54) is 80.3 Å². The monoisotopic (exact) mass is 414 g/mol. The zero-order valence-electron chi connectivity index (χ0n) is 17.6. The van der Waals surface area contributed by atoms with E-state index in [1.54, 1.807) is 16.7 Å². The summed E-state index contributed by atoms with van der Waals surface area (Å²) in [5, 5.41) is 17.4. The lowest BCUT2D eigenvalue weighted by atomic mass is 9.78. The van der Waals surface area contributed by atoms with Gasteiger partial charge in [-0.3, -0.25) is 0 Å². The first-order valence-corrected chi connectivity index (χ1v) is 10.8. The Kier molecular flexibility index (Phi) is 5.90. The van der Waals surface area contributed by atoms with Crippen LogP contribution in [0.1, 0.15) is 61.4 Å². The van der Waals surface area contributed by atoms with E-state index in [4.69, 9.17) is 10.2 Å². The van der Waals surface area contributed by atoms with Crippen LogP contribution < -0.4 is 0 Å². The fourth-order valence-electron chi connectivity index (χ4n) is 4.80. The molecule has 0 radical (unpaired) electrons. The molecule has 2 aliphatic carbocycles. The summed E-state index contributed by atoms with van der Waals surface area (Å²) in [6.45, 7) is 1.48. The minimum absolute atomic E-state index is 0.0277. The lowest BCUT2D eigenvalue weighted by Gasteiger charge is -2.26. The Labute approximate surface area is 182 Å². The second-order valence-electron chi connectivity index (χ2n) is 8.18. The maximum absolute atomic E-state index is 10.6. The van der Waals surface area contributed by atoms with Crippen molar-refractivity contribution in [2.24, 2.45) is 0 Å². The Morgan fingerprint density at radius 1 is 0.645 bits per heavy atom. The van der Waals surface area contributed by atoms with E-state index in [-0.39, 0.29) is 16.7 Å². The number of fused-ring (bicyclic) bond motifs is 5. The molecule has 0 spiro atoms. The van der Waals surface area contributed by atoms with Crippen molar-refractivity contribution in [1.29, 1.82) is 0 Å². The second-order valence-corrected chi connectivity index (χ2v) is 8.18. The smallest absolute Gasteiger partial charge is 0.335 e. The molecule has 158 valence electrons. The van der Waals surface area contributed by atoms with Gasteiger partial charge >= 0.3 is 11.9 Å². The summed E-state index contributed by atoms with van der Waals surface area (Å²) < 4.78 is 0. The zero-order chi connectivity index (χ0) is 22.0. The van der Waals surface area contributed by atoms with E-state index in [2.05, 4.69) is 36.4 Å². The van der Waals surface area contributed by atoms with Crippen molar-refractivity contribution < 1.29 is 19.8 Å². The van der Waals surface area contributed by atoms with Crippen LogP contribution >= 0.6 is 0 Å². The number of hydrogen-bond acceptors (Lipinski definition) is 2. The van der Waals surface area contributed by atoms with Gasteiger partial charge in [-0.05, 0) is 96.5 Å². The molecule has 2 N–H and O–H groups in total. The third-order valence-electron chi connectivity index (χ3n) is 6.40. The van der Waals surface area contributed by atoms with Crippen LogP contribution in [0.2, 0.25) is 0 Å². The summed E-state index contributed by atoms with van der Waals surface area (Å²) >= 11 is 0. The predicted molar refractivity (Wildman–Crippen MR) is 121 cm³/mol. The van der Waals surface area contributed by atoms with E-state index in [0.29, 0.717) is 0 Å². The zero-order valence-corrected chi connectivity index (χ0v) is 17.6. The number of aryl methyl sites for hydroxylation is 2. The lowest BCUT2D eigenvalue weighted by molar-refractivity contribution is 0.0696. The molecule has 5 rings (SSSR count). The van der Waals surface area contributed by atoms with Gasteiger partial charge in [0.15, 0.2) is 0 Å². The first-order valence-electron chi connectivity index (χ1n) is 10.8.